The number of rotatable bonds is 3. The molecule has 1 amide bonds. The zero-order chi connectivity index (χ0) is 17.3. The van der Waals surface area contributed by atoms with Crippen LogP contribution in [-0.4, -0.2) is 24.8 Å². The Hall–Kier alpha value is -2.95. The van der Waals surface area contributed by atoms with Crippen LogP contribution in [0.2, 0.25) is 0 Å². The molecule has 1 aliphatic rings. The van der Waals surface area contributed by atoms with Crippen molar-refractivity contribution in [1.29, 1.82) is 0 Å². The number of nitrogens with zero attached hydrogens (tertiary/aromatic N) is 1. The summed E-state index contributed by atoms with van der Waals surface area (Å²) in [6.45, 7) is 1.47. The summed E-state index contributed by atoms with van der Waals surface area (Å²) in [6, 6.07) is 17.2. The first-order valence-corrected chi connectivity index (χ1v) is 7.58. The summed E-state index contributed by atoms with van der Waals surface area (Å²) in [7, 11) is 1.22. The molecule has 1 heterocycles. The summed E-state index contributed by atoms with van der Waals surface area (Å²) in [5.41, 5.74) is -0.325. The molecule has 1 fully saturated rings. The molecule has 2 atom stereocenters. The molecule has 0 aromatic heterocycles. The quantitative estimate of drug-likeness (QED) is 0.495. The van der Waals surface area contributed by atoms with Crippen molar-refractivity contribution >= 4 is 23.3 Å². The Bertz CT molecular complexity index is 788. The molecule has 5 nitrogen and oxygen atoms in total. The molecule has 0 N–H and O–H groups in total. The largest absolute Gasteiger partial charge is 0.468 e. The van der Waals surface area contributed by atoms with Crippen molar-refractivity contribution in [3.63, 3.8) is 0 Å². The van der Waals surface area contributed by atoms with E-state index in [4.69, 9.17) is 4.74 Å². The van der Waals surface area contributed by atoms with Gasteiger partial charge in [0, 0.05) is 5.69 Å². The van der Waals surface area contributed by atoms with Crippen LogP contribution in [-0.2, 0) is 19.1 Å². The van der Waals surface area contributed by atoms with Crippen molar-refractivity contribution in [3.05, 3.63) is 66.2 Å². The molecule has 1 saturated heterocycles. The number of carbonyl (C=O) groups excluding carboxylic acids is 3. The second-order valence-electron chi connectivity index (χ2n) is 5.85. The van der Waals surface area contributed by atoms with Crippen LogP contribution in [0, 0.1) is 5.41 Å². The molecule has 5 heteroatoms. The second-order valence-corrected chi connectivity index (χ2v) is 5.85. The number of ketones is 1. The predicted molar refractivity (Wildman–Crippen MR) is 88.2 cm³/mol. The molecule has 3 rings (SSSR count). The number of esters is 1. The highest BCUT2D eigenvalue weighted by Gasteiger charge is 2.62. The van der Waals surface area contributed by atoms with Crippen LogP contribution in [0.5, 0.6) is 0 Å². The summed E-state index contributed by atoms with van der Waals surface area (Å²) >= 11 is 0. The van der Waals surface area contributed by atoms with Crippen molar-refractivity contribution in [2.45, 2.75) is 13.0 Å². The number of benzene rings is 2. The third-order valence-corrected chi connectivity index (χ3v) is 4.45. The summed E-state index contributed by atoms with van der Waals surface area (Å²) in [5, 5.41) is 0. The van der Waals surface area contributed by atoms with E-state index in [2.05, 4.69) is 0 Å². The van der Waals surface area contributed by atoms with Gasteiger partial charge in [-0.2, -0.15) is 0 Å². The van der Waals surface area contributed by atoms with Crippen molar-refractivity contribution in [2.24, 2.45) is 5.41 Å². The van der Waals surface area contributed by atoms with Crippen LogP contribution in [0.25, 0.3) is 0 Å². The first-order valence-electron chi connectivity index (χ1n) is 7.58. The van der Waals surface area contributed by atoms with Gasteiger partial charge < -0.3 is 4.74 Å². The van der Waals surface area contributed by atoms with E-state index >= 15 is 0 Å². The van der Waals surface area contributed by atoms with Crippen molar-refractivity contribution < 1.29 is 19.1 Å². The molecule has 0 aliphatic carbocycles. The van der Waals surface area contributed by atoms with Crippen LogP contribution in [0.1, 0.15) is 18.5 Å². The summed E-state index contributed by atoms with van der Waals surface area (Å²) in [4.78, 5) is 39.2. The number of ether oxygens (including phenoxy) is 1. The number of anilines is 1. The van der Waals surface area contributed by atoms with Crippen molar-refractivity contribution in [2.75, 3.05) is 12.0 Å². The van der Waals surface area contributed by atoms with Gasteiger partial charge in [-0.1, -0.05) is 48.5 Å². The van der Waals surface area contributed by atoms with Crippen LogP contribution < -0.4 is 4.90 Å². The fraction of sp³-hybridized carbons (Fsp3) is 0.211. The normalized spacial score (nSPS) is 23.4. The van der Waals surface area contributed by atoms with E-state index < -0.39 is 29.1 Å². The molecule has 0 unspecified atom stereocenters. The van der Waals surface area contributed by atoms with E-state index in [0.29, 0.717) is 11.3 Å². The van der Waals surface area contributed by atoms with Gasteiger partial charge in [-0.3, -0.25) is 19.3 Å². The van der Waals surface area contributed by atoms with E-state index in [9.17, 15) is 14.4 Å². The Labute approximate surface area is 139 Å². The second kappa shape index (κ2) is 5.92. The van der Waals surface area contributed by atoms with Crippen LogP contribution in [0.15, 0.2) is 60.7 Å². The van der Waals surface area contributed by atoms with Crippen LogP contribution in [0.4, 0.5) is 5.69 Å². The number of Topliss-reactive ketones (excluding diaryl/α,β-unsaturated/α-hetero) is 1. The summed E-state index contributed by atoms with van der Waals surface area (Å²) in [6.07, 6.45) is 0. The Kier molecular flexibility index (Phi) is 3.93. The summed E-state index contributed by atoms with van der Waals surface area (Å²) < 4.78 is 4.85. The predicted octanol–water partition coefficient (Wildman–Crippen LogP) is 2.52. The fourth-order valence-corrected chi connectivity index (χ4v) is 3.22. The molecular weight excluding hydrogens is 306 g/mol. The Balaban J connectivity index is 2.23. The molecule has 122 valence electrons. The van der Waals surface area contributed by atoms with Crippen molar-refractivity contribution in [1.82, 2.24) is 0 Å². The Morgan fingerprint density at radius 2 is 1.54 bits per heavy atom. The van der Waals surface area contributed by atoms with Gasteiger partial charge in [0.1, 0.15) is 0 Å². The van der Waals surface area contributed by atoms with E-state index in [1.54, 1.807) is 36.4 Å². The minimum absolute atomic E-state index is 0.567. The topological polar surface area (TPSA) is 63.7 Å². The zero-order valence-corrected chi connectivity index (χ0v) is 13.4. The Morgan fingerprint density at radius 3 is 2.08 bits per heavy atom. The van der Waals surface area contributed by atoms with Gasteiger partial charge in [0.05, 0.1) is 13.2 Å². The third-order valence-electron chi connectivity index (χ3n) is 4.45. The minimum atomic E-state index is -1.59. The van der Waals surface area contributed by atoms with Gasteiger partial charge >= 0.3 is 5.97 Å². The zero-order valence-electron chi connectivity index (χ0n) is 13.4. The molecule has 2 aromatic carbocycles. The highest BCUT2D eigenvalue weighted by atomic mass is 16.5. The van der Waals surface area contributed by atoms with Crippen LogP contribution >= 0.6 is 0 Å². The number of methoxy groups -OCH3 is 1. The molecule has 2 aromatic rings. The molecule has 0 saturated carbocycles. The maximum absolute atomic E-state index is 12.7. The molecule has 0 radical (unpaired) electrons. The molecular formula is C19H17NO4. The average molecular weight is 323 g/mol. The molecule has 24 heavy (non-hydrogen) atoms. The third kappa shape index (κ3) is 2.21. The van der Waals surface area contributed by atoms with Crippen molar-refractivity contribution in [3.8, 4) is 0 Å². The fourth-order valence-electron chi connectivity index (χ4n) is 3.22. The lowest BCUT2D eigenvalue weighted by atomic mass is 9.78. The highest BCUT2D eigenvalue weighted by molar-refractivity contribution is 6.49. The minimum Gasteiger partial charge on any atom is -0.468 e. The number of carbonyl (C=O) groups is 3. The van der Waals surface area contributed by atoms with E-state index in [1.165, 1.54) is 18.9 Å². The maximum atomic E-state index is 12.7. The van der Waals surface area contributed by atoms with Gasteiger partial charge in [0.25, 0.3) is 5.91 Å². The number of hydrogen-bond acceptors (Lipinski definition) is 4. The van der Waals surface area contributed by atoms with Crippen LogP contribution in [0.3, 0.4) is 0 Å². The first kappa shape index (κ1) is 15.9. The average Bonchev–Trinajstić information content (AvgIpc) is 2.84. The smallest absolute Gasteiger partial charge is 0.322 e. The summed E-state index contributed by atoms with van der Waals surface area (Å²) in [5.74, 6) is -2.18. The monoisotopic (exact) mass is 323 g/mol. The van der Waals surface area contributed by atoms with E-state index in [0.717, 1.165) is 0 Å². The van der Waals surface area contributed by atoms with Gasteiger partial charge in [-0.15, -0.1) is 0 Å². The van der Waals surface area contributed by atoms with Gasteiger partial charge in [0.2, 0.25) is 5.78 Å². The molecule has 0 bridgehead atoms. The van der Waals surface area contributed by atoms with E-state index in [-0.39, 0.29) is 0 Å². The molecule has 0 spiro atoms. The van der Waals surface area contributed by atoms with Gasteiger partial charge in [-0.25, -0.2) is 0 Å². The highest BCUT2D eigenvalue weighted by Crippen LogP contribution is 2.48. The lowest BCUT2D eigenvalue weighted by Crippen LogP contribution is -2.40. The lowest BCUT2D eigenvalue weighted by Gasteiger charge is -2.32. The maximum Gasteiger partial charge on any atom is 0.322 e. The number of hydrogen-bond donors (Lipinski definition) is 0. The van der Waals surface area contributed by atoms with E-state index in [1.807, 2.05) is 24.3 Å². The van der Waals surface area contributed by atoms with Gasteiger partial charge in [0.15, 0.2) is 5.41 Å². The van der Waals surface area contributed by atoms with Gasteiger partial charge in [-0.05, 0) is 24.6 Å². The molecule has 1 aliphatic heterocycles. The Morgan fingerprint density at radius 1 is 1.00 bits per heavy atom. The lowest BCUT2D eigenvalue weighted by molar-refractivity contribution is -0.157. The first-order chi connectivity index (χ1) is 11.5. The number of para-hydroxylation sites is 1. The number of amides is 1. The SMILES string of the molecule is COC(=O)[C@@]1(C)C(=O)C(=O)N(c2ccccc2)[C@@H]1c1ccccc1. The standard InChI is InChI=1S/C19H17NO4/c1-19(18(23)24-2)15(13-9-5-3-6-10-13)20(17(22)16(19)21)14-11-7-4-8-12-14/h3-12,15H,1-2H3/t15-,19-/m1/s1.